The highest BCUT2D eigenvalue weighted by Crippen LogP contribution is 2.44. The Balaban J connectivity index is 1.60. The number of piperazine rings is 1. The molecule has 0 radical (unpaired) electrons. The fraction of sp³-hybridized carbons (Fsp3) is 0.550. The maximum absolute atomic E-state index is 12.4. The average Bonchev–Trinajstić information content (AvgIpc) is 3.44. The summed E-state index contributed by atoms with van der Waals surface area (Å²) >= 11 is 0. The molecule has 0 spiro atoms. The summed E-state index contributed by atoms with van der Waals surface area (Å²) in [7, 11) is 1.60. The highest BCUT2D eigenvalue weighted by atomic mass is 16.5. The fourth-order valence-electron chi connectivity index (χ4n) is 3.85. The zero-order chi connectivity index (χ0) is 20.4. The Morgan fingerprint density at radius 3 is 2.86 bits per heavy atom. The van der Waals surface area contributed by atoms with Crippen molar-refractivity contribution in [1.29, 1.82) is 5.26 Å². The summed E-state index contributed by atoms with van der Waals surface area (Å²) in [6.07, 6.45) is 4.02. The van der Waals surface area contributed by atoms with Crippen molar-refractivity contribution in [3.8, 4) is 17.3 Å². The molecule has 1 atom stereocenters. The molecule has 1 saturated carbocycles. The Bertz CT molecular complexity index is 919. The molecule has 1 aliphatic carbocycles. The van der Waals surface area contributed by atoms with Gasteiger partial charge in [0.25, 0.3) is 0 Å². The van der Waals surface area contributed by atoms with Crippen LogP contribution in [0.25, 0.3) is 11.3 Å². The number of hydrogen-bond acceptors (Lipinski definition) is 8. The van der Waals surface area contributed by atoms with Gasteiger partial charge in [-0.15, -0.1) is 5.10 Å². The molecule has 2 aromatic rings. The number of hydrogen-bond donors (Lipinski definition) is 0. The van der Waals surface area contributed by atoms with Crippen LogP contribution in [0.2, 0.25) is 0 Å². The molecule has 2 fully saturated rings. The van der Waals surface area contributed by atoms with Crippen LogP contribution in [0.1, 0.15) is 43.4 Å². The number of pyridine rings is 1. The largest absolute Gasteiger partial charge is 0.384 e. The minimum absolute atomic E-state index is 0.0326. The summed E-state index contributed by atoms with van der Waals surface area (Å²) in [4.78, 5) is 21.3. The van der Waals surface area contributed by atoms with Crippen LogP contribution in [0.5, 0.6) is 0 Å². The summed E-state index contributed by atoms with van der Waals surface area (Å²) in [5.74, 6) is 1.16. The van der Waals surface area contributed by atoms with Crippen LogP contribution in [0, 0.1) is 11.3 Å². The lowest BCUT2D eigenvalue weighted by Gasteiger charge is -2.41. The highest BCUT2D eigenvalue weighted by molar-refractivity contribution is 5.77. The van der Waals surface area contributed by atoms with Gasteiger partial charge in [-0.1, -0.05) is 0 Å². The highest BCUT2D eigenvalue weighted by Gasteiger charge is 2.33. The van der Waals surface area contributed by atoms with E-state index in [0.717, 1.165) is 24.1 Å². The summed E-state index contributed by atoms with van der Waals surface area (Å²) in [6, 6.07) is 4.15. The Kier molecular flexibility index (Phi) is 5.45. The third-order valence-corrected chi connectivity index (χ3v) is 5.52. The standard InChI is InChI=1S/C20H24N6O3/c1-13-11-25(6-7-26(13)18(27)5-8-28-2)20-15(10-21)9-16(17-12-29-24-23-17)19(22-20)14-3-4-14/h9,12-14H,3-8,11H2,1-2H3. The number of nitrogens with zero attached hydrogens (tertiary/aromatic N) is 6. The summed E-state index contributed by atoms with van der Waals surface area (Å²) in [6.45, 7) is 4.33. The second kappa shape index (κ2) is 8.17. The van der Waals surface area contributed by atoms with E-state index in [-0.39, 0.29) is 11.9 Å². The van der Waals surface area contributed by atoms with Crippen LogP contribution in [-0.4, -0.2) is 65.6 Å². The van der Waals surface area contributed by atoms with Gasteiger partial charge in [-0.25, -0.2) is 4.98 Å². The smallest absolute Gasteiger partial charge is 0.225 e. The van der Waals surface area contributed by atoms with E-state index in [1.165, 1.54) is 6.26 Å². The zero-order valence-corrected chi connectivity index (χ0v) is 16.7. The van der Waals surface area contributed by atoms with Gasteiger partial charge in [-0.3, -0.25) is 4.79 Å². The van der Waals surface area contributed by atoms with E-state index in [0.29, 0.717) is 55.7 Å². The molecule has 1 saturated heterocycles. The van der Waals surface area contributed by atoms with E-state index in [4.69, 9.17) is 14.2 Å². The van der Waals surface area contributed by atoms with Gasteiger partial charge >= 0.3 is 0 Å². The van der Waals surface area contributed by atoms with Crippen molar-refractivity contribution in [1.82, 2.24) is 20.3 Å². The molecular weight excluding hydrogens is 372 g/mol. The second-order valence-corrected chi connectivity index (χ2v) is 7.59. The lowest BCUT2D eigenvalue weighted by Crippen LogP contribution is -2.54. The first-order valence-corrected chi connectivity index (χ1v) is 9.88. The van der Waals surface area contributed by atoms with Gasteiger partial charge in [0.05, 0.1) is 24.3 Å². The van der Waals surface area contributed by atoms with Crippen molar-refractivity contribution in [2.75, 3.05) is 38.3 Å². The quantitative estimate of drug-likeness (QED) is 0.729. The van der Waals surface area contributed by atoms with Gasteiger partial charge in [-0.2, -0.15) is 5.26 Å². The Morgan fingerprint density at radius 2 is 2.24 bits per heavy atom. The molecule has 1 amide bonds. The van der Waals surface area contributed by atoms with E-state index in [2.05, 4.69) is 21.3 Å². The number of aromatic nitrogens is 3. The number of ether oxygens (including phenoxy) is 1. The number of rotatable bonds is 6. The molecule has 2 aliphatic rings. The van der Waals surface area contributed by atoms with Crippen LogP contribution >= 0.6 is 0 Å². The van der Waals surface area contributed by atoms with Crippen molar-refractivity contribution in [3.05, 3.63) is 23.6 Å². The van der Waals surface area contributed by atoms with Crippen LogP contribution in [0.15, 0.2) is 16.9 Å². The van der Waals surface area contributed by atoms with Crippen molar-refractivity contribution < 1.29 is 14.1 Å². The van der Waals surface area contributed by atoms with Gasteiger partial charge < -0.3 is 19.1 Å². The number of methoxy groups -OCH3 is 1. The molecule has 3 heterocycles. The van der Waals surface area contributed by atoms with Crippen molar-refractivity contribution in [2.24, 2.45) is 0 Å². The predicted octanol–water partition coefficient (Wildman–Crippen LogP) is 1.95. The molecule has 0 aromatic carbocycles. The zero-order valence-electron chi connectivity index (χ0n) is 16.7. The lowest BCUT2D eigenvalue weighted by atomic mass is 10.0. The van der Waals surface area contributed by atoms with E-state index in [9.17, 15) is 10.1 Å². The van der Waals surface area contributed by atoms with E-state index in [1.54, 1.807) is 7.11 Å². The molecule has 1 aliphatic heterocycles. The summed E-state index contributed by atoms with van der Waals surface area (Å²) in [5.41, 5.74) is 2.86. The molecule has 4 rings (SSSR count). The van der Waals surface area contributed by atoms with Crippen LogP contribution < -0.4 is 4.90 Å². The molecule has 9 heteroatoms. The Labute approximate surface area is 169 Å². The van der Waals surface area contributed by atoms with E-state index >= 15 is 0 Å². The number of carbonyl (C=O) groups is 1. The first-order valence-electron chi connectivity index (χ1n) is 9.88. The third kappa shape index (κ3) is 3.93. The van der Waals surface area contributed by atoms with E-state index < -0.39 is 0 Å². The molecule has 1 unspecified atom stereocenters. The van der Waals surface area contributed by atoms with E-state index in [1.807, 2.05) is 17.9 Å². The topological polar surface area (TPSA) is 108 Å². The Hall–Kier alpha value is -2.99. The lowest BCUT2D eigenvalue weighted by molar-refractivity contribution is -0.134. The number of carbonyl (C=O) groups excluding carboxylic acids is 1. The molecule has 152 valence electrons. The van der Waals surface area contributed by atoms with Gasteiger partial charge in [0.1, 0.15) is 17.6 Å². The molecular formula is C20H24N6O3. The first kappa shape index (κ1) is 19.3. The monoisotopic (exact) mass is 396 g/mol. The SMILES string of the molecule is COCCC(=O)N1CCN(c2nc(C3CC3)c(-c3conn3)cc2C#N)CC1C. The number of anilines is 1. The average molecular weight is 396 g/mol. The molecule has 9 nitrogen and oxygen atoms in total. The second-order valence-electron chi connectivity index (χ2n) is 7.59. The predicted molar refractivity (Wildman–Crippen MR) is 104 cm³/mol. The first-order chi connectivity index (χ1) is 14.1. The fourth-order valence-corrected chi connectivity index (χ4v) is 3.85. The summed E-state index contributed by atoms with van der Waals surface area (Å²) in [5, 5.41) is 17.3. The van der Waals surface area contributed by atoms with Crippen molar-refractivity contribution >= 4 is 11.7 Å². The van der Waals surface area contributed by atoms with Crippen molar-refractivity contribution in [2.45, 2.75) is 38.1 Å². The molecule has 2 aromatic heterocycles. The van der Waals surface area contributed by atoms with Gasteiger partial charge in [0.15, 0.2) is 6.26 Å². The minimum Gasteiger partial charge on any atom is -0.384 e. The van der Waals surface area contributed by atoms with Crippen LogP contribution in [-0.2, 0) is 9.53 Å². The normalized spacial score (nSPS) is 19.3. The maximum Gasteiger partial charge on any atom is 0.225 e. The van der Waals surface area contributed by atoms with Crippen LogP contribution in [0.4, 0.5) is 5.82 Å². The molecule has 0 N–H and O–H groups in total. The third-order valence-electron chi connectivity index (χ3n) is 5.52. The number of nitriles is 1. The Morgan fingerprint density at radius 1 is 1.41 bits per heavy atom. The molecule has 0 bridgehead atoms. The minimum atomic E-state index is 0.0326. The van der Waals surface area contributed by atoms with Crippen molar-refractivity contribution in [3.63, 3.8) is 0 Å². The van der Waals surface area contributed by atoms with Gasteiger partial charge in [-0.05, 0) is 25.8 Å². The summed E-state index contributed by atoms with van der Waals surface area (Å²) < 4.78 is 9.91. The van der Waals surface area contributed by atoms with Crippen LogP contribution in [0.3, 0.4) is 0 Å². The number of amides is 1. The maximum atomic E-state index is 12.4. The van der Waals surface area contributed by atoms with Gasteiger partial charge in [0.2, 0.25) is 5.91 Å². The van der Waals surface area contributed by atoms with Gasteiger partial charge in [0, 0.05) is 49.5 Å². The molecule has 29 heavy (non-hydrogen) atoms.